The van der Waals surface area contributed by atoms with E-state index in [9.17, 15) is 13.2 Å². The standard InChI is InChI=1S/C18H12F3N3O/c19-18(20,21)14-7-5-12(6-8-14)11-13-3-1-2-4-15(13)17-24-23-16(25-17)9-10-22/h1-8H,9,11H2. The minimum atomic E-state index is -4.35. The predicted molar refractivity (Wildman–Crippen MR) is 83.3 cm³/mol. The SMILES string of the molecule is N#CCc1nnc(-c2ccccc2Cc2ccc(C(F)(F)F)cc2)o1. The number of hydrogen-bond acceptors (Lipinski definition) is 4. The molecule has 0 saturated heterocycles. The van der Waals surface area contributed by atoms with Crippen LogP contribution in [0.3, 0.4) is 0 Å². The zero-order chi connectivity index (χ0) is 17.9. The fraction of sp³-hybridized carbons (Fsp3) is 0.167. The molecule has 0 bridgehead atoms. The molecule has 0 saturated carbocycles. The molecule has 0 unspecified atom stereocenters. The first kappa shape index (κ1) is 16.7. The number of alkyl halides is 3. The maximum Gasteiger partial charge on any atom is 0.416 e. The van der Waals surface area contributed by atoms with Gasteiger partial charge in [-0.15, -0.1) is 10.2 Å². The maximum atomic E-state index is 12.6. The molecule has 2 aromatic carbocycles. The molecule has 0 amide bonds. The number of nitriles is 1. The highest BCUT2D eigenvalue weighted by Crippen LogP contribution is 2.30. The molecule has 0 fully saturated rings. The summed E-state index contributed by atoms with van der Waals surface area (Å²) in [6, 6.07) is 14.2. The van der Waals surface area contributed by atoms with Crippen molar-refractivity contribution in [3.8, 4) is 17.5 Å². The van der Waals surface area contributed by atoms with Crippen LogP contribution in [0, 0.1) is 11.3 Å². The summed E-state index contributed by atoms with van der Waals surface area (Å²) >= 11 is 0. The summed E-state index contributed by atoms with van der Waals surface area (Å²) in [7, 11) is 0. The van der Waals surface area contributed by atoms with Crippen LogP contribution in [-0.2, 0) is 19.0 Å². The van der Waals surface area contributed by atoms with Crippen molar-refractivity contribution < 1.29 is 17.6 Å². The van der Waals surface area contributed by atoms with Gasteiger partial charge in [-0.3, -0.25) is 0 Å². The van der Waals surface area contributed by atoms with E-state index in [0.29, 0.717) is 12.0 Å². The van der Waals surface area contributed by atoms with Gasteiger partial charge in [-0.25, -0.2) is 0 Å². The van der Waals surface area contributed by atoms with Crippen LogP contribution in [0.5, 0.6) is 0 Å². The molecule has 0 radical (unpaired) electrons. The van der Waals surface area contributed by atoms with E-state index in [1.54, 1.807) is 12.1 Å². The highest BCUT2D eigenvalue weighted by molar-refractivity contribution is 5.59. The van der Waals surface area contributed by atoms with Gasteiger partial charge in [0.15, 0.2) is 0 Å². The highest BCUT2D eigenvalue weighted by Gasteiger charge is 2.29. The molecule has 1 heterocycles. The van der Waals surface area contributed by atoms with Gasteiger partial charge in [0.1, 0.15) is 6.42 Å². The van der Waals surface area contributed by atoms with E-state index in [4.69, 9.17) is 9.68 Å². The molecule has 0 aliphatic rings. The van der Waals surface area contributed by atoms with Gasteiger partial charge in [-0.1, -0.05) is 30.3 Å². The van der Waals surface area contributed by atoms with Crippen molar-refractivity contribution in [3.05, 3.63) is 71.1 Å². The molecule has 1 aromatic heterocycles. The Balaban J connectivity index is 1.87. The van der Waals surface area contributed by atoms with E-state index in [2.05, 4.69) is 10.2 Å². The Morgan fingerprint density at radius 2 is 1.72 bits per heavy atom. The molecule has 4 nitrogen and oxygen atoms in total. The largest absolute Gasteiger partial charge is 0.420 e. The summed E-state index contributed by atoms with van der Waals surface area (Å²) in [5.74, 6) is 0.509. The monoisotopic (exact) mass is 343 g/mol. The van der Waals surface area contributed by atoms with Crippen LogP contribution in [0.25, 0.3) is 11.5 Å². The second-order valence-corrected chi connectivity index (χ2v) is 5.36. The molecule has 25 heavy (non-hydrogen) atoms. The van der Waals surface area contributed by atoms with E-state index in [0.717, 1.165) is 23.3 Å². The summed E-state index contributed by atoms with van der Waals surface area (Å²) in [5.41, 5.74) is 1.59. The van der Waals surface area contributed by atoms with Crippen LogP contribution in [0.15, 0.2) is 52.9 Å². The van der Waals surface area contributed by atoms with Crippen LogP contribution >= 0.6 is 0 Å². The number of nitrogens with zero attached hydrogens (tertiary/aromatic N) is 3. The van der Waals surface area contributed by atoms with E-state index < -0.39 is 11.7 Å². The van der Waals surface area contributed by atoms with Gasteiger partial charge < -0.3 is 4.42 Å². The maximum absolute atomic E-state index is 12.6. The van der Waals surface area contributed by atoms with Crippen molar-refractivity contribution in [1.29, 1.82) is 5.26 Å². The summed E-state index contributed by atoms with van der Waals surface area (Å²) in [5, 5.41) is 16.4. The molecule has 3 rings (SSSR count). The topological polar surface area (TPSA) is 62.7 Å². The summed E-state index contributed by atoms with van der Waals surface area (Å²) < 4.78 is 43.4. The fourth-order valence-electron chi connectivity index (χ4n) is 2.42. The molecule has 0 spiro atoms. The third-order valence-electron chi connectivity index (χ3n) is 3.62. The van der Waals surface area contributed by atoms with Gasteiger partial charge in [0.05, 0.1) is 11.6 Å². The highest BCUT2D eigenvalue weighted by atomic mass is 19.4. The third kappa shape index (κ3) is 3.86. The normalized spacial score (nSPS) is 11.3. The molecular formula is C18H12F3N3O. The minimum absolute atomic E-state index is 0.0219. The summed E-state index contributed by atoms with van der Waals surface area (Å²) in [6.45, 7) is 0. The van der Waals surface area contributed by atoms with Gasteiger partial charge in [-0.2, -0.15) is 18.4 Å². The van der Waals surface area contributed by atoms with E-state index >= 15 is 0 Å². The number of benzene rings is 2. The lowest BCUT2D eigenvalue weighted by Crippen LogP contribution is -2.04. The molecule has 7 heteroatoms. The summed E-state index contributed by atoms with van der Waals surface area (Å²) in [4.78, 5) is 0. The Morgan fingerprint density at radius 1 is 1.00 bits per heavy atom. The zero-order valence-corrected chi connectivity index (χ0v) is 12.9. The van der Waals surface area contributed by atoms with Gasteiger partial charge in [0.25, 0.3) is 0 Å². The Morgan fingerprint density at radius 3 is 2.40 bits per heavy atom. The molecule has 0 N–H and O–H groups in total. The molecule has 0 aliphatic heterocycles. The second-order valence-electron chi connectivity index (χ2n) is 5.36. The average Bonchev–Trinajstić information content (AvgIpc) is 3.04. The van der Waals surface area contributed by atoms with E-state index in [1.165, 1.54) is 12.1 Å². The van der Waals surface area contributed by atoms with Crippen molar-refractivity contribution in [2.45, 2.75) is 19.0 Å². The lowest BCUT2D eigenvalue weighted by molar-refractivity contribution is -0.137. The lowest BCUT2D eigenvalue weighted by Gasteiger charge is -2.09. The van der Waals surface area contributed by atoms with Crippen molar-refractivity contribution in [3.63, 3.8) is 0 Å². The van der Waals surface area contributed by atoms with Crippen molar-refractivity contribution in [2.75, 3.05) is 0 Å². The van der Waals surface area contributed by atoms with E-state index in [1.807, 2.05) is 18.2 Å². The van der Waals surface area contributed by atoms with Gasteiger partial charge >= 0.3 is 6.18 Å². The van der Waals surface area contributed by atoms with E-state index in [-0.39, 0.29) is 18.2 Å². The van der Waals surface area contributed by atoms with Crippen molar-refractivity contribution in [2.24, 2.45) is 0 Å². The van der Waals surface area contributed by atoms with Gasteiger partial charge in [0, 0.05) is 5.56 Å². The minimum Gasteiger partial charge on any atom is -0.420 e. The Hall–Kier alpha value is -3.14. The molecular weight excluding hydrogens is 331 g/mol. The number of hydrogen-bond donors (Lipinski definition) is 0. The first-order chi connectivity index (χ1) is 12.0. The van der Waals surface area contributed by atoms with Crippen LogP contribution < -0.4 is 0 Å². The predicted octanol–water partition coefficient (Wildman–Crippen LogP) is 4.41. The Kier molecular flexibility index (Phi) is 4.52. The second kappa shape index (κ2) is 6.77. The number of rotatable bonds is 4. The third-order valence-corrected chi connectivity index (χ3v) is 3.62. The number of halogens is 3. The molecule has 3 aromatic rings. The van der Waals surface area contributed by atoms with Crippen LogP contribution in [-0.4, -0.2) is 10.2 Å². The van der Waals surface area contributed by atoms with Crippen LogP contribution in [0.1, 0.15) is 22.6 Å². The summed E-state index contributed by atoms with van der Waals surface area (Å²) in [6.07, 6.45) is -3.91. The lowest BCUT2D eigenvalue weighted by atomic mass is 9.99. The zero-order valence-electron chi connectivity index (χ0n) is 12.9. The van der Waals surface area contributed by atoms with Crippen molar-refractivity contribution in [1.82, 2.24) is 10.2 Å². The number of aromatic nitrogens is 2. The Bertz CT molecular complexity index is 908. The first-order valence-electron chi connectivity index (χ1n) is 7.41. The fourth-order valence-corrected chi connectivity index (χ4v) is 2.42. The van der Waals surface area contributed by atoms with Crippen LogP contribution in [0.4, 0.5) is 13.2 Å². The average molecular weight is 343 g/mol. The van der Waals surface area contributed by atoms with Crippen molar-refractivity contribution >= 4 is 0 Å². The molecule has 126 valence electrons. The van der Waals surface area contributed by atoms with Crippen LogP contribution in [0.2, 0.25) is 0 Å². The Labute approximate surface area is 141 Å². The smallest absolute Gasteiger partial charge is 0.416 e. The quantitative estimate of drug-likeness (QED) is 0.704. The molecule has 0 atom stereocenters. The first-order valence-corrected chi connectivity index (χ1v) is 7.41. The molecule has 0 aliphatic carbocycles. The van der Waals surface area contributed by atoms with Gasteiger partial charge in [0.2, 0.25) is 11.8 Å². The van der Waals surface area contributed by atoms with Gasteiger partial charge in [-0.05, 0) is 35.7 Å².